The Morgan fingerprint density at radius 3 is 2.82 bits per heavy atom. The standard InChI is InChI=1S/C12H16ClNO2S/c1-16-9-6-10(17-7-9)11(15)14-12(8-13)4-2-3-5-12/h6-7H,2-5,8H2,1H3,(H,14,15). The van der Waals surface area contributed by atoms with Crippen molar-refractivity contribution in [2.75, 3.05) is 13.0 Å². The molecule has 0 atom stereocenters. The van der Waals surface area contributed by atoms with Crippen LogP contribution in [0.4, 0.5) is 0 Å². The largest absolute Gasteiger partial charge is 0.496 e. The van der Waals surface area contributed by atoms with Crippen molar-refractivity contribution in [2.45, 2.75) is 31.2 Å². The van der Waals surface area contributed by atoms with Gasteiger partial charge in [-0.3, -0.25) is 4.79 Å². The average Bonchev–Trinajstić information content (AvgIpc) is 2.97. The highest BCUT2D eigenvalue weighted by Gasteiger charge is 2.34. The molecule has 1 aliphatic carbocycles. The van der Waals surface area contributed by atoms with E-state index >= 15 is 0 Å². The second kappa shape index (κ2) is 5.27. The molecule has 0 aromatic carbocycles. The van der Waals surface area contributed by atoms with E-state index in [1.165, 1.54) is 11.3 Å². The van der Waals surface area contributed by atoms with Gasteiger partial charge in [0.25, 0.3) is 5.91 Å². The van der Waals surface area contributed by atoms with Crippen LogP contribution in [0.2, 0.25) is 0 Å². The lowest BCUT2D eigenvalue weighted by Gasteiger charge is -2.27. The van der Waals surface area contributed by atoms with Crippen molar-refractivity contribution in [3.8, 4) is 5.75 Å². The van der Waals surface area contributed by atoms with Crippen molar-refractivity contribution in [1.82, 2.24) is 5.32 Å². The van der Waals surface area contributed by atoms with Crippen LogP contribution in [0.15, 0.2) is 11.4 Å². The Kier molecular flexibility index (Phi) is 3.94. The van der Waals surface area contributed by atoms with Crippen LogP contribution in [0.25, 0.3) is 0 Å². The molecule has 17 heavy (non-hydrogen) atoms. The molecule has 1 aliphatic rings. The molecule has 1 N–H and O–H groups in total. The fraction of sp³-hybridized carbons (Fsp3) is 0.583. The fourth-order valence-electron chi connectivity index (χ4n) is 2.19. The van der Waals surface area contributed by atoms with Gasteiger partial charge in [0, 0.05) is 17.3 Å². The van der Waals surface area contributed by atoms with Crippen LogP contribution in [0, 0.1) is 0 Å². The van der Waals surface area contributed by atoms with Crippen LogP contribution in [-0.2, 0) is 0 Å². The number of alkyl halides is 1. The maximum atomic E-state index is 12.1. The van der Waals surface area contributed by atoms with E-state index in [1.807, 2.05) is 5.38 Å². The Bertz CT molecular complexity index is 399. The number of thiophene rings is 1. The van der Waals surface area contributed by atoms with E-state index < -0.39 is 0 Å². The molecule has 1 aromatic heterocycles. The third-order valence-electron chi connectivity index (χ3n) is 3.23. The van der Waals surface area contributed by atoms with Crippen molar-refractivity contribution in [3.63, 3.8) is 0 Å². The highest BCUT2D eigenvalue weighted by atomic mass is 35.5. The number of amides is 1. The molecular weight excluding hydrogens is 258 g/mol. The number of rotatable bonds is 4. The van der Waals surface area contributed by atoms with E-state index in [0.717, 1.165) is 31.4 Å². The minimum atomic E-state index is -0.199. The summed E-state index contributed by atoms with van der Waals surface area (Å²) in [6.45, 7) is 0. The molecule has 1 heterocycles. The van der Waals surface area contributed by atoms with Gasteiger partial charge in [-0.25, -0.2) is 0 Å². The van der Waals surface area contributed by atoms with Gasteiger partial charge < -0.3 is 10.1 Å². The van der Waals surface area contributed by atoms with Gasteiger partial charge in [0.05, 0.1) is 17.5 Å². The Balaban J connectivity index is 2.05. The fourth-order valence-corrected chi connectivity index (χ4v) is 3.27. The molecule has 1 fully saturated rings. The third kappa shape index (κ3) is 2.75. The average molecular weight is 274 g/mol. The number of hydrogen-bond donors (Lipinski definition) is 1. The molecule has 2 rings (SSSR count). The topological polar surface area (TPSA) is 38.3 Å². The zero-order valence-corrected chi connectivity index (χ0v) is 11.4. The lowest BCUT2D eigenvalue weighted by atomic mass is 10.0. The summed E-state index contributed by atoms with van der Waals surface area (Å²) in [5.74, 6) is 1.17. The van der Waals surface area contributed by atoms with Crippen molar-refractivity contribution in [2.24, 2.45) is 0 Å². The molecule has 3 nitrogen and oxygen atoms in total. The molecule has 0 radical (unpaired) electrons. The Hall–Kier alpha value is -0.740. The lowest BCUT2D eigenvalue weighted by molar-refractivity contribution is 0.0913. The maximum absolute atomic E-state index is 12.1. The molecule has 1 aromatic rings. The molecule has 0 bridgehead atoms. The Labute approximate surface area is 110 Å². The third-order valence-corrected chi connectivity index (χ3v) is 4.65. The quantitative estimate of drug-likeness (QED) is 0.857. The first-order valence-corrected chi connectivity index (χ1v) is 7.11. The summed E-state index contributed by atoms with van der Waals surface area (Å²) >= 11 is 7.39. The molecule has 5 heteroatoms. The molecule has 0 saturated heterocycles. The first-order chi connectivity index (χ1) is 8.19. The zero-order chi connectivity index (χ0) is 12.3. The van der Waals surface area contributed by atoms with Crippen molar-refractivity contribution in [3.05, 3.63) is 16.3 Å². The summed E-state index contributed by atoms with van der Waals surface area (Å²) in [5, 5.41) is 4.91. The second-order valence-electron chi connectivity index (χ2n) is 4.43. The molecule has 1 amide bonds. The van der Waals surface area contributed by atoms with E-state index in [9.17, 15) is 4.79 Å². The van der Waals surface area contributed by atoms with E-state index in [-0.39, 0.29) is 11.4 Å². The first-order valence-electron chi connectivity index (χ1n) is 5.70. The molecule has 1 saturated carbocycles. The number of carbonyl (C=O) groups excluding carboxylic acids is 1. The number of nitrogens with one attached hydrogen (secondary N) is 1. The zero-order valence-electron chi connectivity index (χ0n) is 9.79. The van der Waals surface area contributed by atoms with Gasteiger partial charge in [-0.2, -0.15) is 0 Å². The number of hydrogen-bond acceptors (Lipinski definition) is 3. The minimum Gasteiger partial charge on any atom is -0.496 e. The van der Waals surface area contributed by atoms with Gasteiger partial charge in [-0.15, -0.1) is 22.9 Å². The van der Waals surface area contributed by atoms with Crippen molar-refractivity contribution >= 4 is 28.8 Å². The summed E-state index contributed by atoms with van der Waals surface area (Å²) < 4.78 is 5.07. The number of halogens is 1. The van der Waals surface area contributed by atoms with Crippen LogP contribution in [0.1, 0.15) is 35.4 Å². The summed E-state index contributed by atoms with van der Waals surface area (Å²) in [6, 6.07) is 1.76. The van der Waals surface area contributed by atoms with Crippen LogP contribution in [0.5, 0.6) is 5.75 Å². The van der Waals surface area contributed by atoms with E-state index in [0.29, 0.717) is 10.8 Å². The highest BCUT2D eigenvalue weighted by Crippen LogP contribution is 2.31. The molecule has 0 unspecified atom stereocenters. The molecule has 94 valence electrons. The second-order valence-corrected chi connectivity index (χ2v) is 5.60. The van der Waals surface area contributed by atoms with Crippen molar-refractivity contribution in [1.29, 1.82) is 0 Å². The summed E-state index contributed by atoms with van der Waals surface area (Å²) in [7, 11) is 1.60. The predicted molar refractivity (Wildman–Crippen MR) is 70.3 cm³/mol. The van der Waals surface area contributed by atoms with Crippen molar-refractivity contribution < 1.29 is 9.53 Å². The van der Waals surface area contributed by atoms with E-state index in [2.05, 4.69) is 5.32 Å². The van der Waals surface area contributed by atoms with Gasteiger partial charge in [0.1, 0.15) is 5.75 Å². The lowest BCUT2D eigenvalue weighted by Crippen LogP contribution is -2.47. The highest BCUT2D eigenvalue weighted by molar-refractivity contribution is 7.12. The van der Waals surface area contributed by atoms with E-state index in [1.54, 1.807) is 13.2 Å². The van der Waals surface area contributed by atoms with Crippen LogP contribution < -0.4 is 10.1 Å². The Morgan fingerprint density at radius 2 is 2.29 bits per heavy atom. The number of carbonyl (C=O) groups is 1. The number of methoxy groups -OCH3 is 1. The van der Waals surface area contributed by atoms with Gasteiger partial charge in [-0.1, -0.05) is 12.8 Å². The Morgan fingerprint density at radius 1 is 1.59 bits per heavy atom. The van der Waals surface area contributed by atoms with Gasteiger partial charge in [-0.05, 0) is 12.8 Å². The van der Waals surface area contributed by atoms with Crippen LogP contribution in [-0.4, -0.2) is 24.4 Å². The van der Waals surface area contributed by atoms with Gasteiger partial charge >= 0.3 is 0 Å². The predicted octanol–water partition coefficient (Wildman–Crippen LogP) is 3.04. The minimum absolute atomic E-state index is 0.0409. The van der Waals surface area contributed by atoms with E-state index in [4.69, 9.17) is 16.3 Å². The smallest absolute Gasteiger partial charge is 0.261 e. The summed E-state index contributed by atoms with van der Waals surface area (Å²) in [6.07, 6.45) is 4.23. The normalized spacial score (nSPS) is 18.0. The van der Waals surface area contributed by atoms with Gasteiger partial charge in [0.2, 0.25) is 0 Å². The van der Waals surface area contributed by atoms with Gasteiger partial charge in [0.15, 0.2) is 0 Å². The van der Waals surface area contributed by atoms with Crippen LogP contribution >= 0.6 is 22.9 Å². The summed E-state index contributed by atoms with van der Waals surface area (Å²) in [4.78, 5) is 12.8. The summed E-state index contributed by atoms with van der Waals surface area (Å²) in [5.41, 5.74) is -0.199. The number of ether oxygens (including phenoxy) is 1. The maximum Gasteiger partial charge on any atom is 0.261 e. The molecule has 0 aliphatic heterocycles. The SMILES string of the molecule is COc1csc(C(=O)NC2(CCl)CCCC2)c1. The monoisotopic (exact) mass is 273 g/mol. The molecular formula is C12H16ClNO2S. The molecule has 0 spiro atoms. The first kappa shape index (κ1) is 12.7. The van der Waals surface area contributed by atoms with Crippen LogP contribution in [0.3, 0.4) is 0 Å².